The number of piperidine rings is 1. The van der Waals surface area contributed by atoms with Crippen LogP contribution >= 0.6 is 0 Å². The van der Waals surface area contributed by atoms with Gasteiger partial charge in [-0.25, -0.2) is 0 Å². The first-order valence-corrected chi connectivity index (χ1v) is 5.57. The molecule has 1 aliphatic heterocycles. The van der Waals surface area contributed by atoms with Crippen molar-refractivity contribution in [1.29, 1.82) is 0 Å². The normalized spacial score (nSPS) is 20.1. The van der Waals surface area contributed by atoms with Crippen LogP contribution in [-0.4, -0.2) is 22.6 Å². The van der Waals surface area contributed by atoms with Crippen molar-refractivity contribution >= 4 is 0 Å². The molecule has 1 fully saturated rings. The minimum absolute atomic E-state index is 0.932. The van der Waals surface area contributed by atoms with E-state index in [4.69, 9.17) is 0 Å². The molecule has 0 aliphatic carbocycles. The van der Waals surface area contributed by atoms with E-state index in [9.17, 15) is 0 Å². The molecule has 0 saturated carbocycles. The summed E-state index contributed by atoms with van der Waals surface area (Å²) >= 11 is 0. The van der Waals surface area contributed by atoms with Gasteiger partial charge in [0.05, 0.1) is 0 Å². The average molecular weight is 192 g/mol. The smallest absolute Gasteiger partial charge is 0.0248 e. The second kappa shape index (κ2) is 4.18. The summed E-state index contributed by atoms with van der Waals surface area (Å²) in [5.74, 6) is 0.932. The molecule has 1 aromatic rings. The number of hydrogen-bond donors (Lipinski definition) is 0. The van der Waals surface area contributed by atoms with E-state index in [1.807, 2.05) is 0 Å². The molecule has 14 heavy (non-hydrogen) atoms. The molecular weight excluding hydrogens is 172 g/mol. The first-order chi connectivity index (χ1) is 6.74. The summed E-state index contributed by atoms with van der Waals surface area (Å²) in [6, 6.07) is 2.22. The summed E-state index contributed by atoms with van der Waals surface area (Å²) in [5, 5.41) is 0. The Kier molecular flexibility index (Phi) is 2.92. The summed E-state index contributed by atoms with van der Waals surface area (Å²) in [6.07, 6.45) is 7.08. The molecule has 0 radical (unpaired) electrons. The Morgan fingerprint density at radius 2 is 2.07 bits per heavy atom. The van der Waals surface area contributed by atoms with Crippen molar-refractivity contribution in [2.24, 2.45) is 13.0 Å². The Balaban J connectivity index is 1.86. The van der Waals surface area contributed by atoms with Gasteiger partial charge in [0.15, 0.2) is 0 Å². The van der Waals surface area contributed by atoms with E-state index in [-0.39, 0.29) is 0 Å². The van der Waals surface area contributed by atoms with Crippen LogP contribution in [0.3, 0.4) is 0 Å². The molecule has 2 rings (SSSR count). The fourth-order valence-electron chi connectivity index (χ4n) is 2.13. The molecule has 0 spiro atoms. The molecule has 0 bridgehead atoms. The second-order valence-electron chi connectivity index (χ2n) is 4.64. The maximum absolute atomic E-state index is 2.56. The van der Waals surface area contributed by atoms with Gasteiger partial charge in [0.2, 0.25) is 0 Å². The van der Waals surface area contributed by atoms with E-state index in [0.29, 0.717) is 0 Å². The van der Waals surface area contributed by atoms with Crippen molar-refractivity contribution < 1.29 is 0 Å². The summed E-state index contributed by atoms with van der Waals surface area (Å²) in [7, 11) is 2.09. The van der Waals surface area contributed by atoms with Crippen LogP contribution in [0.1, 0.15) is 25.3 Å². The van der Waals surface area contributed by atoms with Crippen molar-refractivity contribution in [2.75, 3.05) is 13.1 Å². The highest BCUT2D eigenvalue weighted by Gasteiger charge is 2.15. The molecule has 2 heteroatoms. The largest absolute Gasteiger partial charge is 0.357 e. The average Bonchev–Trinajstić information content (AvgIpc) is 2.56. The Labute approximate surface area is 86.5 Å². The molecule has 0 aromatic carbocycles. The topological polar surface area (TPSA) is 8.17 Å². The lowest BCUT2D eigenvalue weighted by Crippen LogP contribution is -2.32. The summed E-state index contributed by atoms with van der Waals surface area (Å²) in [5.41, 5.74) is 1.45. The third-order valence-electron chi connectivity index (χ3n) is 3.18. The summed E-state index contributed by atoms with van der Waals surface area (Å²) in [6.45, 7) is 6.04. The number of rotatable bonds is 2. The Morgan fingerprint density at radius 1 is 1.36 bits per heavy atom. The molecule has 0 unspecified atom stereocenters. The van der Waals surface area contributed by atoms with E-state index in [0.717, 1.165) is 12.5 Å². The van der Waals surface area contributed by atoms with Gasteiger partial charge < -0.3 is 4.57 Å². The van der Waals surface area contributed by atoms with Gasteiger partial charge in [-0.2, -0.15) is 0 Å². The predicted molar refractivity (Wildman–Crippen MR) is 59.1 cm³/mol. The van der Waals surface area contributed by atoms with E-state index >= 15 is 0 Å². The fourth-order valence-corrected chi connectivity index (χ4v) is 2.13. The number of nitrogens with zero attached hydrogens (tertiary/aromatic N) is 2. The molecule has 1 saturated heterocycles. The molecule has 1 aliphatic rings. The van der Waals surface area contributed by atoms with Crippen molar-refractivity contribution in [3.05, 3.63) is 24.0 Å². The molecule has 0 amide bonds. The van der Waals surface area contributed by atoms with E-state index in [2.05, 4.69) is 41.9 Å². The minimum atomic E-state index is 0.932. The maximum atomic E-state index is 2.56. The molecule has 2 nitrogen and oxygen atoms in total. The van der Waals surface area contributed by atoms with Gasteiger partial charge in [-0.05, 0) is 43.5 Å². The highest BCUT2D eigenvalue weighted by Crippen LogP contribution is 2.17. The van der Waals surface area contributed by atoms with Gasteiger partial charge in [-0.1, -0.05) is 6.92 Å². The molecule has 0 atom stereocenters. The van der Waals surface area contributed by atoms with E-state index in [1.165, 1.54) is 31.5 Å². The lowest BCUT2D eigenvalue weighted by atomic mass is 9.99. The van der Waals surface area contributed by atoms with Crippen LogP contribution in [0.15, 0.2) is 18.5 Å². The van der Waals surface area contributed by atoms with Crippen molar-refractivity contribution in [1.82, 2.24) is 9.47 Å². The lowest BCUT2D eigenvalue weighted by Gasteiger charge is -2.29. The molecule has 2 heterocycles. The molecule has 1 aromatic heterocycles. The standard InChI is InChI=1S/C12H20N2/c1-11-3-7-14(8-4-11)10-12-5-6-13(2)9-12/h5-6,9,11H,3-4,7-8,10H2,1-2H3. The van der Waals surface area contributed by atoms with Crippen LogP contribution in [0.2, 0.25) is 0 Å². The molecular formula is C12H20N2. The predicted octanol–water partition coefficient (Wildman–Crippen LogP) is 2.26. The van der Waals surface area contributed by atoms with E-state index in [1.54, 1.807) is 0 Å². The first-order valence-electron chi connectivity index (χ1n) is 5.57. The number of aryl methyl sites for hydroxylation is 1. The monoisotopic (exact) mass is 192 g/mol. The van der Waals surface area contributed by atoms with Crippen LogP contribution in [-0.2, 0) is 13.6 Å². The lowest BCUT2D eigenvalue weighted by molar-refractivity contribution is 0.185. The van der Waals surface area contributed by atoms with E-state index < -0.39 is 0 Å². The summed E-state index contributed by atoms with van der Waals surface area (Å²) in [4.78, 5) is 2.56. The van der Waals surface area contributed by atoms with Gasteiger partial charge in [0.1, 0.15) is 0 Å². The van der Waals surface area contributed by atoms with Crippen molar-refractivity contribution in [2.45, 2.75) is 26.3 Å². The minimum Gasteiger partial charge on any atom is -0.357 e. The zero-order valence-corrected chi connectivity index (χ0v) is 9.24. The van der Waals surface area contributed by atoms with Crippen LogP contribution in [0.4, 0.5) is 0 Å². The Bertz CT molecular complexity index is 282. The summed E-state index contributed by atoms with van der Waals surface area (Å²) < 4.78 is 2.13. The second-order valence-corrected chi connectivity index (χ2v) is 4.64. The third-order valence-corrected chi connectivity index (χ3v) is 3.18. The van der Waals surface area contributed by atoms with Crippen molar-refractivity contribution in [3.63, 3.8) is 0 Å². The number of likely N-dealkylation sites (tertiary alicyclic amines) is 1. The third kappa shape index (κ3) is 2.38. The highest BCUT2D eigenvalue weighted by atomic mass is 15.1. The SMILES string of the molecule is CC1CCN(Cc2ccn(C)c2)CC1. The first kappa shape index (κ1) is 9.78. The zero-order chi connectivity index (χ0) is 9.97. The van der Waals surface area contributed by atoms with Crippen LogP contribution in [0.5, 0.6) is 0 Å². The zero-order valence-electron chi connectivity index (χ0n) is 9.24. The quantitative estimate of drug-likeness (QED) is 0.698. The highest BCUT2D eigenvalue weighted by molar-refractivity contribution is 5.09. The van der Waals surface area contributed by atoms with Gasteiger partial charge in [-0.3, -0.25) is 4.90 Å². The number of aromatic nitrogens is 1. The number of hydrogen-bond acceptors (Lipinski definition) is 1. The fraction of sp³-hybridized carbons (Fsp3) is 0.667. The maximum Gasteiger partial charge on any atom is 0.0248 e. The van der Waals surface area contributed by atoms with Crippen LogP contribution in [0.25, 0.3) is 0 Å². The van der Waals surface area contributed by atoms with Crippen LogP contribution < -0.4 is 0 Å². The molecule has 78 valence electrons. The Hall–Kier alpha value is -0.760. The van der Waals surface area contributed by atoms with Gasteiger partial charge in [0, 0.05) is 26.0 Å². The van der Waals surface area contributed by atoms with Gasteiger partial charge in [0.25, 0.3) is 0 Å². The van der Waals surface area contributed by atoms with Gasteiger partial charge >= 0.3 is 0 Å². The Morgan fingerprint density at radius 3 is 2.64 bits per heavy atom. The van der Waals surface area contributed by atoms with Crippen LogP contribution in [0, 0.1) is 5.92 Å². The van der Waals surface area contributed by atoms with Crippen molar-refractivity contribution in [3.8, 4) is 0 Å². The van der Waals surface area contributed by atoms with Gasteiger partial charge in [-0.15, -0.1) is 0 Å². The molecule has 0 N–H and O–H groups in total.